The first kappa shape index (κ1) is 19.4. The van der Waals surface area contributed by atoms with Gasteiger partial charge >= 0.3 is 0 Å². The minimum absolute atomic E-state index is 0.252. The monoisotopic (exact) mass is 367 g/mol. The van der Waals surface area contributed by atoms with Crippen molar-refractivity contribution in [1.29, 1.82) is 0 Å². The average molecular weight is 368 g/mol. The predicted molar refractivity (Wildman–Crippen MR) is 105 cm³/mol. The molecule has 3 rings (SSSR count). The quantitative estimate of drug-likeness (QED) is 0.783. The highest BCUT2D eigenvalue weighted by molar-refractivity contribution is 6.29. The predicted octanol–water partition coefficient (Wildman–Crippen LogP) is 2.84. The zero-order valence-electron chi connectivity index (χ0n) is 15.6. The number of rotatable bonds is 6. The Balaban J connectivity index is 1.50. The summed E-state index contributed by atoms with van der Waals surface area (Å²) < 4.78 is 5.20. The number of halogens is 1. The second-order valence-electron chi connectivity index (χ2n) is 7.98. The Hall–Kier alpha value is -0.390. The third-order valence-electron chi connectivity index (χ3n) is 6.71. The van der Waals surface area contributed by atoms with Crippen molar-refractivity contribution >= 4 is 11.6 Å². The summed E-state index contributed by atoms with van der Waals surface area (Å²) in [6, 6.07) is 0.739. The van der Waals surface area contributed by atoms with Crippen LogP contribution in [0.5, 0.6) is 0 Å². The number of nitrogens with zero attached hydrogens (tertiary/aromatic N) is 2. The van der Waals surface area contributed by atoms with Gasteiger partial charge in [0.15, 0.2) is 0 Å². The molecule has 0 aromatic heterocycles. The number of methoxy groups -OCH3 is 1. The number of allylic oxidation sites excluding steroid dienone is 4. The first-order chi connectivity index (χ1) is 12.2. The SMILES string of the molecule is COCCN1CCN(C2CCC(CN)(C3C=CC=C(Cl)C3)CC2)CC1. The van der Waals surface area contributed by atoms with Crippen molar-refractivity contribution in [2.75, 3.05) is 53.0 Å². The number of ether oxygens (including phenoxy) is 1. The van der Waals surface area contributed by atoms with Gasteiger partial charge in [-0.25, -0.2) is 0 Å². The van der Waals surface area contributed by atoms with Crippen molar-refractivity contribution in [1.82, 2.24) is 9.80 Å². The highest BCUT2D eigenvalue weighted by atomic mass is 35.5. The molecule has 2 fully saturated rings. The maximum atomic E-state index is 6.30. The molecule has 1 atom stereocenters. The van der Waals surface area contributed by atoms with E-state index in [1.165, 1.54) is 51.9 Å². The van der Waals surface area contributed by atoms with Crippen LogP contribution < -0.4 is 5.73 Å². The van der Waals surface area contributed by atoms with Gasteiger partial charge in [0.05, 0.1) is 6.61 Å². The van der Waals surface area contributed by atoms with Crippen LogP contribution in [0, 0.1) is 11.3 Å². The third kappa shape index (κ3) is 4.67. The van der Waals surface area contributed by atoms with Crippen LogP contribution in [0.3, 0.4) is 0 Å². The van der Waals surface area contributed by atoms with Crippen LogP contribution in [0.2, 0.25) is 0 Å². The minimum Gasteiger partial charge on any atom is -0.383 e. The molecule has 142 valence electrons. The van der Waals surface area contributed by atoms with Crippen molar-refractivity contribution in [2.45, 2.75) is 38.1 Å². The largest absolute Gasteiger partial charge is 0.383 e. The summed E-state index contributed by atoms with van der Waals surface area (Å²) in [6.07, 6.45) is 12.5. The van der Waals surface area contributed by atoms with Crippen LogP contribution in [-0.2, 0) is 4.74 Å². The summed E-state index contributed by atoms with van der Waals surface area (Å²) in [7, 11) is 1.78. The van der Waals surface area contributed by atoms with Crippen molar-refractivity contribution < 1.29 is 4.74 Å². The van der Waals surface area contributed by atoms with E-state index >= 15 is 0 Å². The Morgan fingerprint density at radius 2 is 1.96 bits per heavy atom. The lowest BCUT2D eigenvalue weighted by atomic mass is 9.63. The maximum Gasteiger partial charge on any atom is 0.0589 e. The van der Waals surface area contributed by atoms with Gasteiger partial charge < -0.3 is 10.5 Å². The van der Waals surface area contributed by atoms with E-state index in [1.54, 1.807) is 7.11 Å². The van der Waals surface area contributed by atoms with Gasteiger partial charge in [-0.15, -0.1) is 0 Å². The first-order valence-electron chi connectivity index (χ1n) is 9.85. The van der Waals surface area contributed by atoms with Crippen LogP contribution in [0.4, 0.5) is 0 Å². The molecule has 2 N–H and O–H groups in total. The zero-order chi connectivity index (χ0) is 17.7. The summed E-state index contributed by atoms with van der Waals surface area (Å²) in [5.74, 6) is 0.516. The molecular formula is C20H34ClN3O. The molecule has 0 amide bonds. The van der Waals surface area contributed by atoms with E-state index in [4.69, 9.17) is 22.1 Å². The molecule has 0 bridgehead atoms. The lowest BCUT2D eigenvalue weighted by molar-refractivity contribution is 0.0300. The molecular weight excluding hydrogens is 334 g/mol. The fourth-order valence-corrected chi connectivity index (χ4v) is 5.14. The molecule has 3 aliphatic rings. The summed E-state index contributed by atoms with van der Waals surface area (Å²) in [4.78, 5) is 5.24. The fourth-order valence-electron chi connectivity index (χ4n) is 4.90. The van der Waals surface area contributed by atoms with Gasteiger partial charge in [0.1, 0.15) is 0 Å². The van der Waals surface area contributed by atoms with Crippen LogP contribution in [-0.4, -0.2) is 68.8 Å². The van der Waals surface area contributed by atoms with Gasteiger partial charge in [0.2, 0.25) is 0 Å². The molecule has 0 radical (unpaired) electrons. The lowest BCUT2D eigenvalue weighted by Gasteiger charge is -2.48. The second kappa shape index (κ2) is 9.01. The third-order valence-corrected chi connectivity index (χ3v) is 6.99. The minimum atomic E-state index is 0.252. The summed E-state index contributed by atoms with van der Waals surface area (Å²) >= 11 is 6.30. The summed E-state index contributed by atoms with van der Waals surface area (Å²) in [5.41, 5.74) is 6.53. The molecule has 0 aromatic carbocycles. The van der Waals surface area contributed by atoms with Crippen LogP contribution in [0.25, 0.3) is 0 Å². The Morgan fingerprint density at radius 3 is 2.56 bits per heavy atom. The highest BCUT2D eigenvalue weighted by Gasteiger charge is 2.41. The van der Waals surface area contributed by atoms with E-state index in [0.29, 0.717) is 5.92 Å². The van der Waals surface area contributed by atoms with E-state index in [0.717, 1.165) is 37.2 Å². The van der Waals surface area contributed by atoms with Crippen molar-refractivity contribution in [3.63, 3.8) is 0 Å². The van der Waals surface area contributed by atoms with E-state index in [9.17, 15) is 0 Å². The zero-order valence-corrected chi connectivity index (χ0v) is 16.4. The van der Waals surface area contributed by atoms with Crippen LogP contribution >= 0.6 is 11.6 Å². The van der Waals surface area contributed by atoms with Crippen molar-refractivity contribution in [2.24, 2.45) is 17.1 Å². The van der Waals surface area contributed by atoms with Crippen LogP contribution in [0.1, 0.15) is 32.1 Å². The Kier molecular flexibility index (Phi) is 6.98. The molecule has 0 spiro atoms. The molecule has 0 aromatic rings. The number of nitrogens with two attached hydrogens (primary N) is 1. The summed E-state index contributed by atoms with van der Waals surface area (Å²) in [6.45, 7) is 7.43. The number of hydrogen-bond acceptors (Lipinski definition) is 4. The Bertz CT molecular complexity index is 477. The van der Waals surface area contributed by atoms with Crippen molar-refractivity contribution in [3.8, 4) is 0 Å². The van der Waals surface area contributed by atoms with Crippen molar-refractivity contribution in [3.05, 3.63) is 23.3 Å². The average Bonchev–Trinajstić information content (AvgIpc) is 2.67. The molecule has 5 heteroatoms. The lowest BCUT2D eigenvalue weighted by Crippen LogP contribution is -2.53. The first-order valence-corrected chi connectivity index (χ1v) is 10.2. The molecule has 1 saturated carbocycles. The maximum absolute atomic E-state index is 6.30. The van der Waals surface area contributed by atoms with Gasteiger partial charge in [-0.05, 0) is 56.1 Å². The van der Waals surface area contributed by atoms with Gasteiger partial charge in [-0.1, -0.05) is 23.8 Å². The summed E-state index contributed by atoms with van der Waals surface area (Å²) in [5, 5.41) is 0.981. The molecule has 1 aliphatic heterocycles. The van der Waals surface area contributed by atoms with E-state index < -0.39 is 0 Å². The second-order valence-corrected chi connectivity index (χ2v) is 8.46. The normalized spacial score (nSPS) is 34.9. The topological polar surface area (TPSA) is 41.7 Å². The smallest absolute Gasteiger partial charge is 0.0589 e. The van der Waals surface area contributed by atoms with E-state index in [1.807, 2.05) is 6.08 Å². The molecule has 4 nitrogen and oxygen atoms in total. The number of hydrogen-bond donors (Lipinski definition) is 1. The highest BCUT2D eigenvalue weighted by Crippen LogP contribution is 2.47. The van der Waals surface area contributed by atoms with E-state index in [-0.39, 0.29) is 5.41 Å². The Morgan fingerprint density at radius 1 is 1.24 bits per heavy atom. The van der Waals surface area contributed by atoms with E-state index in [2.05, 4.69) is 22.0 Å². The fraction of sp³-hybridized carbons (Fsp3) is 0.800. The van der Waals surface area contributed by atoms with Gasteiger partial charge in [0.25, 0.3) is 0 Å². The molecule has 1 unspecified atom stereocenters. The standard InChI is InChI=1S/C20H34ClN3O/c1-25-14-13-23-9-11-24(12-10-23)19-5-7-20(16-22,8-6-19)17-3-2-4-18(21)15-17/h2-4,17,19H,5-16,22H2,1H3. The van der Waals surface area contributed by atoms with Crippen LogP contribution in [0.15, 0.2) is 23.3 Å². The molecule has 2 aliphatic carbocycles. The molecule has 1 saturated heterocycles. The van der Waals surface area contributed by atoms with Gasteiger partial charge in [0, 0.05) is 50.9 Å². The van der Waals surface area contributed by atoms with Gasteiger partial charge in [-0.3, -0.25) is 9.80 Å². The number of piperazine rings is 1. The van der Waals surface area contributed by atoms with Gasteiger partial charge in [-0.2, -0.15) is 0 Å². The Labute approximate surface area is 158 Å². The molecule has 25 heavy (non-hydrogen) atoms. The molecule has 1 heterocycles.